The lowest BCUT2D eigenvalue weighted by atomic mass is 10.1. The number of carbonyl (C=O) groups excluding carboxylic acids is 2. The molecule has 0 aromatic carbocycles. The first kappa shape index (κ1) is 12.0. The van der Waals surface area contributed by atoms with Crippen molar-refractivity contribution in [3.63, 3.8) is 0 Å². The van der Waals surface area contributed by atoms with Crippen molar-refractivity contribution in [2.45, 2.75) is 20.3 Å². The smallest absolute Gasteiger partial charge is 0.372 e. The largest absolute Gasteiger partial charge is 0.475 e. The van der Waals surface area contributed by atoms with E-state index < -0.39 is 24.0 Å². The summed E-state index contributed by atoms with van der Waals surface area (Å²) in [6, 6.07) is 3.06. The Hall–Kier alpha value is -2.04. The highest BCUT2D eigenvalue weighted by molar-refractivity contribution is 6.37. The van der Waals surface area contributed by atoms with Gasteiger partial charge < -0.3 is 5.11 Å². The molecular weight excluding hydrogens is 210 g/mol. The quantitative estimate of drug-likeness (QED) is 0.464. The number of nitrogens with zero attached hydrogens (tertiary/aromatic N) is 1. The van der Waals surface area contributed by atoms with Crippen LogP contribution < -0.4 is 0 Å². The Kier molecular flexibility index (Phi) is 3.50. The molecule has 0 aliphatic carbocycles. The van der Waals surface area contributed by atoms with Crippen LogP contribution in [0.2, 0.25) is 0 Å². The molecule has 0 aliphatic heterocycles. The third-order valence-electron chi connectivity index (χ3n) is 1.96. The van der Waals surface area contributed by atoms with E-state index in [0.29, 0.717) is 17.0 Å². The van der Waals surface area contributed by atoms with Crippen molar-refractivity contribution in [2.24, 2.45) is 0 Å². The van der Waals surface area contributed by atoms with Crippen LogP contribution in [0.5, 0.6) is 0 Å². The maximum absolute atomic E-state index is 11.6. The second kappa shape index (κ2) is 4.65. The molecule has 1 rings (SSSR count). The Morgan fingerprint density at radius 2 is 1.69 bits per heavy atom. The normalized spacial score (nSPS) is 9.88. The number of aliphatic carboxylic acids is 1. The maximum Gasteiger partial charge on any atom is 0.372 e. The van der Waals surface area contributed by atoms with Gasteiger partial charge in [-0.2, -0.15) is 0 Å². The van der Waals surface area contributed by atoms with Crippen molar-refractivity contribution >= 4 is 17.5 Å². The number of aromatic nitrogens is 1. The monoisotopic (exact) mass is 221 g/mol. The zero-order chi connectivity index (χ0) is 12.3. The van der Waals surface area contributed by atoms with Crippen LogP contribution in [0, 0.1) is 13.8 Å². The molecule has 0 saturated heterocycles. The Morgan fingerprint density at radius 3 is 2.12 bits per heavy atom. The third-order valence-corrected chi connectivity index (χ3v) is 1.96. The molecule has 5 heteroatoms. The van der Waals surface area contributed by atoms with E-state index in [4.69, 9.17) is 5.11 Å². The van der Waals surface area contributed by atoms with Gasteiger partial charge in [0, 0.05) is 17.0 Å². The highest BCUT2D eigenvalue weighted by Gasteiger charge is 2.18. The summed E-state index contributed by atoms with van der Waals surface area (Å²) in [4.78, 5) is 36.8. The maximum atomic E-state index is 11.6. The zero-order valence-electron chi connectivity index (χ0n) is 8.98. The molecule has 0 spiro atoms. The molecule has 16 heavy (non-hydrogen) atoms. The third kappa shape index (κ3) is 2.98. The van der Waals surface area contributed by atoms with Gasteiger partial charge in [0.25, 0.3) is 0 Å². The highest BCUT2D eigenvalue weighted by atomic mass is 16.4. The summed E-state index contributed by atoms with van der Waals surface area (Å²) in [5.74, 6) is -3.19. The predicted octanol–water partition coefficient (Wildman–Crippen LogP) is 0.925. The Bertz CT molecular complexity index is 445. The average Bonchev–Trinajstić information content (AvgIpc) is 2.15. The molecule has 1 aromatic rings. The number of carbonyl (C=O) groups is 3. The van der Waals surface area contributed by atoms with Crippen molar-refractivity contribution in [2.75, 3.05) is 0 Å². The fraction of sp³-hybridized carbons (Fsp3) is 0.273. The number of carboxylic acid groups (broad SMARTS) is 1. The molecule has 0 fully saturated rings. The molecule has 1 N–H and O–H groups in total. The van der Waals surface area contributed by atoms with Crippen molar-refractivity contribution < 1.29 is 19.5 Å². The summed E-state index contributed by atoms with van der Waals surface area (Å²) in [6.45, 7) is 3.45. The molecule has 0 bridgehead atoms. The van der Waals surface area contributed by atoms with E-state index in [0.717, 1.165) is 0 Å². The minimum absolute atomic E-state index is 0.319. The average molecular weight is 221 g/mol. The number of rotatable bonds is 4. The molecule has 0 unspecified atom stereocenters. The number of hydrogen-bond donors (Lipinski definition) is 1. The second-order valence-corrected chi connectivity index (χ2v) is 3.47. The van der Waals surface area contributed by atoms with Crippen molar-refractivity contribution in [1.29, 1.82) is 0 Å². The van der Waals surface area contributed by atoms with Gasteiger partial charge >= 0.3 is 5.97 Å². The molecule has 1 heterocycles. The fourth-order valence-electron chi connectivity index (χ4n) is 1.32. The molecule has 0 radical (unpaired) electrons. The van der Waals surface area contributed by atoms with Gasteiger partial charge in [-0.1, -0.05) is 0 Å². The lowest BCUT2D eigenvalue weighted by Crippen LogP contribution is -2.17. The van der Waals surface area contributed by atoms with E-state index in [1.165, 1.54) is 12.1 Å². The van der Waals surface area contributed by atoms with Crippen LogP contribution in [0.25, 0.3) is 0 Å². The standard InChI is InChI=1S/C11H11NO4/c1-6-3-8(4-7(2)12-6)9(13)5-10(14)11(15)16/h3-4H,5H2,1-2H3,(H,15,16). The second-order valence-electron chi connectivity index (χ2n) is 3.47. The van der Waals surface area contributed by atoms with Crippen LogP contribution in [0.3, 0.4) is 0 Å². The van der Waals surface area contributed by atoms with E-state index in [9.17, 15) is 14.4 Å². The minimum Gasteiger partial charge on any atom is -0.475 e. The van der Waals surface area contributed by atoms with Crippen LogP contribution in [-0.4, -0.2) is 27.6 Å². The van der Waals surface area contributed by atoms with Gasteiger partial charge in [0.2, 0.25) is 5.78 Å². The van der Waals surface area contributed by atoms with Gasteiger partial charge in [-0.15, -0.1) is 0 Å². The van der Waals surface area contributed by atoms with Gasteiger partial charge in [0.15, 0.2) is 5.78 Å². The number of carboxylic acids is 1. The van der Waals surface area contributed by atoms with E-state index in [-0.39, 0.29) is 0 Å². The van der Waals surface area contributed by atoms with Crippen LogP contribution in [-0.2, 0) is 9.59 Å². The number of ketones is 2. The Morgan fingerprint density at radius 1 is 1.19 bits per heavy atom. The lowest BCUT2D eigenvalue weighted by molar-refractivity contribution is -0.148. The molecule has 5 nitrogen and oxygen atoms in total. The van der Waals surface area contributed by atoms with Crippen molar-refractivity contribution in [3.05, 3.63) is 29.1 Å². The highest BCUT2D eigenvalue weighted by Crippen LogP contribution is 2.08. The van der Waals surface area contributed by atoms with Gasteiger partial charge in [-0.05, 0) is 26.0 Å². The summed E-state index contributed by atoms with van der Waals surface area (Å²) in [6.07, 6.45) is -0.613. The molecule has 0 saturated carbocycles. The minimum atomic E-state index is -1.59. The van der Waals surface area contributed by atoms with Gasteiger partial charge in [-0.25, -0.2) is 4.79 Å². The summed E-state index contributed by atoms with van der Waals surface area (Å²) < 4.78 is 0. The molecule has 1 aromatic heterocycles. The van der Waals surface area contributed by atoms with Gasteiger partial charge in [0.1, 0.15) is 0 Å². The van der Waals surface area contributed by atoms with Crippen LogP contribution in [0.4, 0.5) is 0 Å². The van der Waals surface area contributed by atoms with E-state index >= 15 is 0 Å². The van der Waals surface area contributed by atoms with Gasteiger partial charge in [-0.3, -0.25) is 14.6 Å². The Labute approximate surface area is 92.1 Å². The summed E-state index contributed by atoms with van der Waals surface area (Å²) in [5.41, 5.74) is 1.64. The number of pyridine rings is 1. The first-order chi connectivity index (χ1) is 7.40. The predicted molar refractivity (Wildman–Crippen MR) is 55.3 cm³/mol. The van der Waals surface area contributed by atoms with Crippen LogP contribution in [0.15, 0.2) is 12.1 Å². The van der Waals surface area contributed by atoms with E-state index in [1.807, 2.05) is 0 Å². The fourth-order valence-corrected chi connectivity index (χ4v) is 1.32. The molecule has 0 atom stereocenters. The summed E-state index contributed by atoms with van der Waals surface area (Å²) in [7, 11) is 0. The van der Waals surface area contributed by atoms with Crippen LogP contribution >= 0.6 is 0 Å². The van der Waals surface area contributed by atoms with Crippen LogP contribution in [0.1, 0.15) is 28.2 Å². The summed E-state index contributed by atoms with van der Waals surface area (Å²) in [5, 5.41) is 8.37. The number of aryl methyl sites for hydroxylation is 2. The van der Waals surface area contributed by atoms with Crippen molar-refractivity contribution in [1.82, 2.24) is 4.98 Å². The number of Topliss-reactive ketones (excluding diaryl/α,β-unsaturated/α-hetero) is 2. The van der Waals surface area contributed by atoms with E-state index in [1.54, 1.807) is 13.8 Å². The first-order valence-electron chi connectivity index (χ1n) is 4.65. The SMILES string of the molecule is Cc1cc(C(=O)CC(=O)C(=O)O)cc(C)n1. The van der Waals surface area contributed by atoms with Crippen molar-refractivity contribution in [3.8, 4) is 0 Å². The number of hydrogen-bond acceptors (Lipinski definition) is 4. The zero-order valence-corrected chi connectivity index (χ0v) is 8.98. The molecule has 84 valence electrons. The topological polar surface area (TPSA) is 84.3 Å². The lowest BCUT2D eigenvalue weighted by Gasteiger charge is -2.02. The van der Waals surface area contributed by atoms with E-state index in [2.05, 4.69) is 4.98 Å². The molecular formula is C11H11NO4. The molecule has 0 aliphatic rings. The Balaban J connectivity index is 2.89. The van der Waals surface area contributed by atoms with Gasteiger partial charge in [0.05, 0.1) is 6.42 Å². The summed E-state index contributed by atoms with van der Waals surface area (Å²) >= 11 is 0. The molecule has 0 amide bonds. The first-order valence-corrected chi connectivity index (χ1v) is 4.65.